The minimum Gasteiger partial charge on any atom is -0.378 e. The summed E-state index contributed by atoms with van der Waals surface area (Å²) in [6.07, 6.45) is 1.38. The highest BCUT2D eigenvalue weighted by atomic mass is 35.5. The van der Waals surface area contributed by atoms with Crippen LogP contribution >= 0.6 is 11.6 Å². The Morgan fingerprint density at radius 1 is 1.08 bits per heavy atom. The number of allylic oxidation sites excluding steroid dienone is 1. The molecule has 0 aliphatic carbocycles. The highest BCUT2D eigenvalue weighted by Gasteiger charge is 2.20. The lowest BCUT2D eigenvalue weighted by Gasteiger charge is -2.28. The third kappa shape index (κ3) is 4.07. The molecule has 0 spiro atoms. The van der Waals surface area contributed by atoms with Crippen LogP contribution in [0.15, 0.2) is 58.3 Å². The Morgan fingerprint density at radius 2 is 1.69 bits per heavy atom. The summed E-state index contributed by atoms with van der Waals surface area (Å²) in [5, 5.41) is 9.79. The molecule has 3 rings (SSSR count). The maximum absolute atomic E-state index is 12.6. The number of anilines is 1. The molecule has 134 valence electrons. The van der Waals surface area contributed by atoms with E-state index in [4.69, 9.17) is 16.3 Å². The van der Waals surface area contributed by atoms with E-state index in [0.717, 1.165) is 18.8 Å². The summed E-state index contributed by atoms with van der Waals surface area (Å²) in [4.78, 5) is 1.94. The van der Waals surface area contributed by atoms with Gasteiger partial charge in [-0.05, 0) is 48.0 Å². The van der Waals surface area contributed by atoms with Crippen LogP contribution in [0.4, 0.5) is 5.69 Å². The zero-order chi connectivity index (χ0) is 18.6. The van der Waals surface area contributed by atoms with Crippen molar-refractivity contribution in [3.63, 3.8) is 0 Å². The van der Waals surface area contributed by atoms with E-state index < -0.39 is 9.84 Å². The van der Waals surface area contributed by atoms with Crippen LogP contribution in [0.1, 0.15) is 5.56 Å². The van der Waals surface area contributed by atoms with Crippen molar-refractivity contribution >= 4 is 33.2 Å². The fraction of sp³-hybridized carbons (Fsp3) is 0.211. The second-order valence-electron chi connectivity index (χ2n) is 5.77. The Hall–Kier alpha value is -2.33. The predicted octanol–water partition coefficient (Wildman–Crippen LogP) is 3.51. The molecule has 1 heterocycles. The second-order valence-corrected chi connectivity index (χ2v) is 8.12. The van der Waals surface area contributed by atoms with Crippen molar-refractivity contribution in [1.82, 2.24) is 0 Å². The van der Waals surface area contributed by atoms with Crippen LogP contribution < -0.4 is 4.90 Å². The largest absolute Gasteiger partial charge is 0.378 e. The van der Waals surface area contributed by atoms with Gasteiger partial charge in [0.25, 0.3) is 0 Å². The number of halogens is 1. The Balaban J connectivity index is 1.86. The maximum Gasteiger partial charge on any atom is 0.216 e. The first-order chi connectivity index (χ1) is 12.5. The molecule has 26 heavy (non-hydrogen) atoms. The number of benzene rings is 2. The first-order valence-electron chi connectivity index (χ1n) is 8.06. The number of morpholine rings is 1. The van der Waals surface area contributed by atoms with Crippen molar-refractivity contribution in [2.24, 2.45) is 0 Å². The van der Waals surface area contributed by atoms with Crippen LogP contribution in [0.5, 0.6) is 0 Å². The van der Waals surface area contributed by atoms with Crippen LogP contribution in [0.25, 0.3) is 6.08 Å². The first kappa shape index (κ1) is 18.5. The summed E-state index contributed by atoms with van der Waals surface area (Å²) in [6.45, 7) is 3.03. The van der Waals surface area contributed by atoms with E-state index in [9.17, 15) is 13.7 Å². The lowest BCUT2D eigenvalue weighted by atomic mass is 10.2. The topological polar surface area (TPSA) is 70.4 Å². The summed E-state index contributed by atoms with van der Waals surface area (Å²) in [5.41, 5.74) is 1.70. The lowest BCUT2D eigenvalue weighted by molar-refractivity contribution is 0.122. The fourth-order valence-electron chi connectivity index (χ4n) is 2.66. The van der Waals surface area contributed by atoms with Crippen molar-refractivity contribution in [3.8, 4) is 6.07 Å². The average Bonchev–Trinajstić information content (AvgIpc) is 2.67. The summed E-state index contributed by atoms with van der Waals surface area (Å²) < 4.78 is 30.6. The Labute approximate surface area is 158 Å². The molecule has 1 aliphatic heterocycles. The molecule has 1 saturated heterocycles. The number of nitrogens with zero attached hydrogens (tertiary/aromatic N) is 2. The zero-order valence-electron chi connectivity index (χ0n) is 13.9. The van der Waals surface area contributed by atoms with Crippen molar-refractivity contribution in [1.29, 1.82) is 5.26 Å². The van der Waals surface area contributed by atoms with Gasteiger partial charge in [-0.25, -0.2) is 8.42 Å². The predicted molar refractivity (Wildman–Crippen MR) is 102 cm³/mol. The van der Waals surface area contributed by atoms with Gasteiger partial charge in [0.2, 0.25) is 9.84 Å². The van der Waals surface area contributed by atoms with Crippen LogP contribution in [0.3, 0.4) is 0 Å². The highest BCUT2D eigenvalue weighted by molar-refractivity contribution is 7.95. The maximum atomic E-state index is 12.6. The number of hydrogen-bond donors (Lipinski definition) is 0. The minimum atomic E-state index is -3.88. The monoisotopic (exact) mass is 388 g/mol. The Bertz CT molecular complexity index is 940. The van der Waals surface area contributed by atoms with Crippen molar-refractivity contribution in [3.05, 3.63) is 64.0 Å². The van der Waals surface area contributed by atoms with Gasteiger partial charge >= 0.3 is 0 Å². The number of rotatable bonds is 4. The summed E-state index contributed by atoms with van der Waals surface area (Å²) >= 11 is 5.80. The van der Waals surface area contributed by atoms with Gasteiger partial charge in [0.15, 0.2) is 0 Å². The number of nitriles is 1. The molecule has 1 aliphatic rings. The van der Waals surface area contributed by atoms with Crippen LogP contribution in [-0.4, -0.2) is 34.7 Å². The average molecular weight is 389 g/mol. The minimum absolute atomic E-state index is 0.0413. The molecule has 5 nitrogen and oxygen atoms in total. The molecule has 0 aromatic heterocycles. The zero-order valence-corrected chi connectivity index (χ0v) is 15.5. The number of sulfone groups is 1. The molecule has 0 N–H and O–H groups in total. The van der Waals surface area contributed by atoms with Crippen molar-refractivity contribution in [2.75, 3.05) is 31.2 Å². The third-order valence-electron chi connectivity index (χ3n) is 4.09. The van der Waals surface area contributed by atoms with Crippen molar-refractivity contribution < 1.29 is 13.2 Å². The smallest absolute Gasteiger partial charge is 0.216 e. The fourth-order valence-corrected chi connectivity index (χ4v) is 3.95. The molecule has 0 bridgehead atoms. The van der Waals surface area contributed by atoms with Crippen LogP contribution in [0, 0.1) is 11.3 Å². The van der Waals surface area contributed by atoms with Gasteiger partial charge < -0.3 is 9.64 Å². The molecule has 0 unspecified atom stereocenters. The molecule has 0 saturated carbocycles. The third-order valence-corrected chi connectivity index (χ3v) is 6.02. The van der Waals surface area contributed by atoms with E-state index in [1.54, 1.807) is 18.2 Å². The summed E-state index contributed by atoms with van der Waals surface area (Å²) in [7, 11) is -3.88. The standard InChI is InChI=1S/C19H17ClN2O3S/c20-16-3-7-18(8-4-16)26(23,24)19(14-21)13-15-1-5-17(6-2-15)22-9-11-25-12-10-22/h1-8,13H,9-12H2. The van der Waals surface area contributed by atoms with E-state index in [1.807, 2.05) is 12.1 Å². The molecule has 0 amide bonds. The molecule has 2 aromatic carbocycles. The quantitative estimate of drug-likeness (QED) is 0.749. The Kier molecular flexibility index (Phi) is 5.62. The number of ether oxygens (including phenoxy) is 1. The van der Waals surface area contributed by atoms with Gasteiger partial charge in [-0.1, -0.05) is 23.7 Å². The van der Waals surface area contributed by atoms with Gasteiger partial charge in [-0.3, -0.25) is 0 Å². The first-order valence-corrected chi connectivity index (χ1v) is 9.92. The van der Waals surface area contributed by atoms with Gasteiger partial charge in [-0.2, -0.15) is 5.26 Å². The summed E-state index contributed by atoms with van der Waals surface area (Å²) in [5.74, 6) is 0. The van der Waals surface area contributed by atoms with E-state index >= 15 is 0 Å². The second kappa shape index (κ2) is 7.92. The van der Waals surface area contributed by atoms with E-state index in [0.29, 0.717) is 23.8 Å². The van der Waals surface area contributed by atoms with Crippen molar-refractivity contribution in [2.45, 2.75) is 4.90 Å². The van der Waals surface area contributed by atoms with Crippen LogP contribution in [0.2, 0.25) is 5.02 Å². The van der Waals surface area contributed by atoms with Gasteiger partial charge in [-0.15, -0.1) is 0 Å². The molecule has 2 aromatic rings. The van der Waals surface area contributed by atoms with E-state index in [2.05, 4.69) is 4.90 Å². The SMILES string of the molecule is N#CC(=Cc1ccc(N2CCOCC2)cc1)S(=O)(=O)c1ccc(Cl)cc1. The van der Waals surface area contributed by atoms with Crippen LogP contribution in [-0.2, 0) is 14.6 Å². The molecule has 0 atom stereocenters. The van der Waals surface area contributed by atoms with Gasteiger partial charge in [0.05, 0.1) is 18.1 Å². The van der Waals surface area contributed by atoms with Gasteiger partial charge in [0, 0.05) is 23.8 Å². The summed E-state index contributed by atoms with van der Waals surface area (Å²) in [6, 6.07) is 15.0. The normalized spacial score (nSPS) is 15.5. The molecule has 0 radical (unpaired) electrons. The number of hydrogen-bond acceptors (Lipinski definition) is 5. The van der Waals surface area contributed by atoms with E-state index in [1.165, 1.54) is 30.3 Å². The Morgan fingerprint density at radius 3 is 2.27 bits per heavy atom. The van der Waals surface area contributed by atoms with E-state index in [-0.39, 0.29) is 9.80 Å². The lowest BCUT2D eigenvalue weighted by Crippen LogP contribution is -2.36. The molecule has 1 fully saturated rings. The molecular weight excluding hydrogens is 372 g/mol. The van der Waals surface area contributed by atoms with Gasteiger partial charge in [0.1, 0.15) is 11.0 Å². The highest BCUT2D eigenvalue weighted by Crippen LogP contribution is 2.24. The molecule has 7 heteroatoms. The molecular formula is C19H17ClN2O3S.